The summed E-state index contributed by atoms with van der Waals surface area (Å²) in [6.45, 7) is 2.66. The first-order valence-electron chi connectivity index (χ1n) is 3.60. The predicted molar refractivity (Wildman–Crippen MR) is 45.8 cm³/mol. The van der Waals surface area contributed by atoms with E-state index in [0.29, 0.717) is 18.8 Å². The number of carbonyl (C=O) groups is 1. The van der Waals surface area contributed by atoms with Gasteiger partial charge in [0, 0.05) is 0 Å². The molecule has 1 aromatic carbocycles. The molecule has 0 saturated carbocycles. The minimum absolute atomic E-state index is 0.322. The van der Waals surface area contributed by atoms with Gasteiger partial charge in [-0.1, -0.05) is 18.2 Å². The van der Waals surface area contributed by atoms with Crippen LogP contribution in [0.2, 0.25) is 0 Å². The van der Waals surface area contributed by atoms with Crippen LogP contribution in [0.4, 0.5) is 0 Å². The average molecular weight is 168 g/mol. The van der Waals surface area contributed by atoms with Gasteiger partial charge in [0.15, 0.2) is 0 Å². The van der Waals surface area contributed by atoms with Crippen LogP contribution in [0, 0.1) is 0 Å². The number of hydrogen-bond acceptors (Lipinski definition) is 3. The molecule has 0 fully saturated rings. The normalized spacial score (nSPS) is 7.75. The maximum absolute atomic E-state index is 9.18. The van der Waals surface area contributed by atoms with E-state index < -0.39 is 0 Å². The van der Waals surface area contributed by atoms with Gasteiger partial charge in [0.25, 0.3) is 6.47 Å². The number of phenolic OH excluding ortho intramolecular Hbond substituents is 1. The summed E-state index contributed by atoms with van der Waals surface area (Å²) in [5.41, 5.74) is 0. The topological polar surface area (TPSA) is 46.5 Å². The average Bonchev–Trinajstić information content (AvgIpc) is 2.08. The van der Waals surface area contributed by atoms with E-state index in [-0.39, 0.29) is 0 Å². The zero-order valence-corrected chi connectivity index (χ0v) is 6.93. The van der Waals surface area contributed by atoms with Crippen molar-refractivity contribution >= 4 is 6.47 Å². The van der Waals surface area contributed by atoms with Crippen molar-refractivity contribution in [3.8, 4) is 5.75 Å². The number of carbonyl (C=O) groups excluding carboxylic acids is 1. The zero-order chi connectivity index (χ0) is 9.23. The number of benzene rings is 1. The summed E-state index contributed by atoms with van der Waals surface area (Å²) >= 11 is 0. The molecule has 0 saturated heterocycles. The summed E-state index contributed by atoms with van der Waals surface area (Å²) in [4.78, 5) is 9.18. The second kappa shape index (κ2) is 7.60. The Balaban J connectivity index is 0.000000217. The molecule has 0 radical (unpaired) electrons. The molecule has 0 aliphatic rings. The fourth-order valence-electron chi connectivity index (χ4n) is 0.496. The van der Waals surface area contributed by atoms with Crippen LogP contribution >= 0.6 is 0 Å². The van der Waals surface area contributed by atoms with E-state index in [0.717, 1.165) is 0 Å². The molecule has 0 amide bonds. The standard InChI is InChI=1S/C6H6O.C3H6O2/c7-6-4-2-1-3-5-6;1-2-5-3-4/h1-5,7H;3H,2H2,1H3. The highest BCUT2D eigenvalue weighted by molar-refractivity contribution is 5.36. The highest BCUT2D eigenvalue weighted by Crippen LogP contribution is 2.02. The van der Waals surface area contributed by atoms with Crippen molar-refractivity contribution < 1.29 is 14.6 Å². The Bertz CT molecular complexity index is 196. The number of ether oxygens (including phenoxy) is 1. The Hall–Kier alpha value is -1.51. The Morgan fingerprint density at radius 3 is 2.17 bits per heavy atom. The molecule has 1 N–H and O–H groups in total. The van der Waals surface area contributed by atoms with E-state index >= 15 is 0 Å². The minimum atomic E-state index is 0.322. The van der Waals surface area contributed by atoms with Crippen LogP contribution in [0.15, 0.2) is 30.3 Å². The third-order valence-corrected chi connectivity index (χ3v) is 0.991. The third kappa shape index (κ3) is 6.61. The molecule has 0 bridgehead atoms. The first kappa shape index (κ1) is 10.5. The molecule has 0 aliphatic carbocycles. The summed E-state index contributed by atoms with van der Waals surface area (Å²) in [7, 11) is 0. The van der Waals surface area contributed by atoms with Gasteiger partial charge in [-0.25, -0.2) is 0 Å². The van der Waals surface area contributed by atoms with Crippen molar-refractivity contribution in [2.24, 2.45) is 0 Å². The predicted octanol–water partition coefficient (Wildman–Crippen LogP) is 1.57. The maximum Gasteiger partial charge on any atom is 0.293 e. The van der Waals surface area contributed by atoms with E-state index in [9.17, 15) is 4.79 Å². The fraction of sp³-hybridized carbons (Fsp3) is 0.222. The van der Waals surface area contributed by atoms with Crippen molar-refractivity contribution in [2.45, 2.75) is 6.92 Å². The number of phenols is 1. The van der Waals surface area contributed by atoms with Gasteiger partial charge in [-0.15, -0.1) is 0 Å². The second-order valence-corrected chi connectivity index (χ2v) is 1.89. The number of hydrogen-bond donors (Lipinski definition) is 1. The molecule has 0 unspecified atom stereocenters. The zero-order valence-electron chi connectivity index (χ0n) is 6.93. The molecule has 1 rings (SSSR count). The first-order valence-corrected chi connectivity index (χ1v) is 3.60. The van der Waals surface area contributed by atoms with Gasteiger partial charge >= 0.3 is 0 Å². The van der Waals surface area contributed by atoms with Crippen LogP contribution < -0.4 is 0 Å². The van der Waals surface area contributed by atoms with Crippen LogP contribution in [0.3, 0.4) is 0 Å². The monoisotopic (exact) mass is 168 g/mol. The quantitative estimate of drug-likeness (QED) is 0.682. The molecule has 0 aliphatic heterocycles. The van der Waals surface area contributed by atoms with Crippen molar-refractivity contribution in [1.82, 2.24) is 0 Å². The van der Waals surface area contributed by atoms with E-state index in [1.54, 1.807) is 31.2 Å². The lowest BCUT2D eigenvalue weighted by Crippen LogP contribution is -1.80. The summed E-state index contributed by atoms with van der Waals surface area (Å²) in [5.74, 6) is 0.322. The molecule has 0 heterocycles. The summed E-state index contributed by atoms with van der Waals surface area (Å²) in [5, 5.41) is 8.63. The first-order chi connectivity index (χ1) is 5.81. The summed E-state index contributed by atoms with van der Waals surface area (Å²) < 4.78 is 4.15. The van der Waals surface area contributed by atoms with Crippen molar-refractivity contribution in [3.63, 3.8) is 0 Å². The second-order valence-electron chi connectivity index (χ2n) is 1.89. The smallest absolute Gasteiger partial charge is 0.293 e. The lowest BCUT2D eigenvalue weighted by molar-refractivity contribution is -0.128. The van der Waals surface area contributed by atoms with Crippen LogP contribution in [0.5, 0.6) is 5.75 Å². The van der Waals surface area contributed by atoms with Crippen LogP contribution in [-0.4, -0.2) is 18.2 Å². The number of para-hydroxylation sites is 1. The van der Waals surface area contributed by atoms with Gasteiger partial charge in [-0.05, 0) is 19.1 Å². The highest BCUT2D eigenvalue weighted by atomic mass is 16.5. The lowest BCUT2D eigenvalue weighted by atomic mass is 10.3. The van der Waals surface area contributed by atoms with Gasteiger partial charge in [0.1, 0.15) is 5.75 Å². The highest BCUT2D eigenvalue weighted by Gasteiger charge is 1.74. The van der Waals surface area contributed by atoms with Crippen molar-refractivity contribution in [2.75, 3.05) is 6.61 Å². The SMILES string of the molecule is CCOC=O.Oc1ccccc1. The largest absolute Gasteiger partial charge is 0.508 e. The molecule has 3 heteroatoms. The third-order valence-electron chi connectivity index (χ3n) is 0.991. The molecule has 0 atom stereocenters. The molecule has 0 aromatic heterocycles. The molecule has 12 heavy (non-hydrogen) atoms. The maximum atomic E-state index is 9.18. The summed E-state index contributed by atoms with van der Waals surface area (Å²) in [6.07, 6.45) is 0. The van der Waals surface area contributed by atoms with Crippen molar-refractivity contribution in [3.05, 3.63) is 30.3 Å². The molecule has 3 nitrogen and oxygen atoms in total. The minimum Gasteiger partial charge on any atom is -0.508 e. The van der Waals surface area contributed by atoms with Gasteiger partial charge in [-0.3, -0.25) is 4.79 Å². The number of rotatable bonds is 2. The van der Waals surface area contributed by atoms with Gasteiger partial charge in [0.05, 0.1) is 6.61 Å². The molecular weight excluding hydrogens is 156 g/mol. The lowest BCUT2D eigenvalue weighted by Gasteiger charge is -1.82. The fourth-order valence-corrected chi connectivity index (χ4v) is 0.496. The van der Waals surface area contributed by atoms with E-state index in [1.165, 1.54) is 0 Å². The molecule has 66 valence electrons. The van der Waals surface area contributed by atoms with Crippen LogP contribution in [-0.2, 0) is 9.53 Å². The Morgan fingerprint density at radius 1 is 1.42 bits per heavy atom. The van der Waals surface area contributed by atoms with Crippen LogP contribution in [0.1, 0.15) is 6.92 Å². The van der Waals surface area contributed by atoms with Gasteiger partial charge in [0.2, 0.25) is 0 Å². The van der Waals surface area contributed by atoms with Gasteiger partial charge < -0.3 is 9.84 Å². The van der Waals surface area contributed by atoms with Gasteiger partial charge in [-0.2, -0.15) is 0 Å². The Morgan fingerprint density at radius 2 is 2.00 bits per heavy atom. The Kier molecular flexibility index (Phi) is 6.64. The van der Waals surface area contributed by atoms with E-state index in [4.69, 9.17) is 5.11 Å². The molecule has 1 aromatic rings. The van der Waals surface area contributed by atoms with Crippen LogP contribution in [0.25, 0.3) is 0 Å². The Labute approximate surface area is 71.6 Å². The van der Waals surface area contributed by atoms with Crippen molar-refractivity contribution in [1.29, 1.82) is 0 Å². The van der Waals surface area contributed by atoms with E-state index in [1.807, 2.05) is 6.07 Å². The molecular formula is C9H12O3. The number of aromatic hydroxyl groups is 1. The molecule has 0 spiro atoms. The summed E-state index contributed by atoms with van der Waals surface area (Å²) in [6, 6.07) is 8.71. The van der Waals surface area contributed by atoms with E-state index in [2.05, 4.69) is 4.74 Å².